The fourth-order valence-corrected chi connectivity index (χ4v) is 1.26. The van der Waals surface area contributed by atoms with Gasteiger partial charge < -0.3 is 5.32 Å². The highest BCUT2D eigenvalue weighted by Crippen LogP contribution is 2.19. The van der Waals surface area contributed by atoms with Gasteiger partial charge in [0.05, 0.1) is 17.3 Å². The van der Waals surface area contributed by atoms with Crippen LogP contribution in [0.5, 0.6) is 0 Å². The molecule has 3 nitrogen and oxygen atoms in total. The average Bonchev–Trinajstić information content (AvgIpc) is 2.16. The van der Waals surface area contributed by atoms with E-state index >= 15 is 0 Å². The number of nitriles is 2. The highest BCUT2D eigenvalue weighted by atomic mass is 79.9. The van der Waals surface area contributed by atoms with E-state index in [1.165, 1.54) is 0 Å². The number of nitrogens with zero attached hydrogens (tertiary/aromatic N) is 2. The molecule has 64 valence electrons. The molecule has 0 amide bonds. The van der Waals surface area contributed by atoms with E-state index in [1.807, 2.05) is 18.2 Å². The van der Waals surface area contributed by atoms with Crippen LogP contribution in [0, 0.1) is 22.7 Å². The summed E-state index contributed by atoms with van der Waals surface area (Å²) in [6.45, 7) is 0.205. The van der Waals surface area contributed by atoms with Crippen molar-refractivity contribution >= 4 is 21.6 Å². The van der Waals surface area contributed by atoms with Crippen molar-refractivity contribution in [1.82, 2.24) is 0 Å². The molecule has 0 saturated heterocycles. The molecule has 0 aliphatic carbocycles. The number of rotatable bonds is 2. The number of benzene rings is 1. The lowest BCUT2D eigenvalue weighted by molar-refractivity contribution is 1.30. The van der Waals surface area contributed by atoms with E-state index in [9.17, 15) is 0 Å². The molecule has 1 aromatic rings. The van der Waals surface area contributed by atoms with Gasteiger partial charge in [-0.1, -0.05) is 15.9 Å². The molecule has 0 saturated carbocycles. The highest BCUT2D eigenvalue weighted by molar-refractivity contribution is 9.10. The summed E-state index contributed by atoms with van der Waals surface area (Å²) in [5.74, 6) is 0. The zero-order chi connectivity index (χ0) is 9.68. The maximum absolute atomic E-state index is 8.75. The van der Waals surface area contributed by atoms with Gasteiger partial charge in [0.1, 0.15) is 12.6 Å². The van der Waals surface area contributed by atoms with Crippen LogP contribution in [-0.2, 0) is 0 Å². The Morgan fingerprint density at radius 2 is 2.15 bits per heavy atom. The summed E-state index contributed by atoms with van der Waals surface area (Å²) in [5, 5.41) is 19.9. The van der Waals surface area contributed by atoms with Gasteiger partial charge in [0.2, 0.25) is 0 Å². The molecule has 1 rings (SSSR count). The molecular weight excluding hydrogens is 230 g/mol. The lowest BCUT2D eigenvalue weighted by atomic mass is 10.2. The molecule has 1 N–H and O–H groups in total. The monoisotopic (exact) mass is 235 g/mol. The van der Waals surface area contributed by atoms with Gasteiger partial charge in [0.15, 0.2) is 0 Å². The van der Waals surface area contributed by atoms with E-state index in [4.69, 9.17) is 10.5 Å². The van der Waals surface area contributed by atoms with Crippen molar-refractivity contribution < 1.29 is 0 Å². The quantitative estimate of drug-likeness (QED) is 0.801. The molecule has 0 heterocycles. The second kappa shape index (κ2) is 4.49. The fourth-order valence-electron chi connectivity index (χ4n) is 0.898. The number of anilines is 1. The zero-order valence-electron chi connectivity index (χ0n) is 6.71. The molecule has 0 spiro atoms. The summed E-state index contributed by atoms with van der Waals surface area (Å²) in [4.78, 5) is 0. The van der Waals surface area contributed by atoms with Crippen molar-refractivity contribution in [2.45, 2.75) is 0 Å². The van der Waals surface area contributed by atoms with E-state index in [1.54, 1.807) is 12.1 Å². The minimum atomic E-state index is 0.205. The van der Waals surface area contributed by atoms with Gasteiger partial charge in [-0.05, 0) is 18.2 Å². The first kappa shape index (κ1) is 9.57. The van der Waals surface area contributed by atoms with Crippen LogP contribution in [0.4, 0.5) is 5.69 Å². The molecule has 0 aromatic heterocycles. The standard InChI is InChI=1S/C9H6BrN3/c10-8-1-2-9(13-4-3-11)7(5-8)6-12/h1-2,5,13H,4H2. The predicted octanol–water partition coefficient (Wildman–Crippen LogP) is 2.26. The molecule has 0 aliphatic rings. The van der Waals surface area contributed by atoms with Crippen LogP contribution in [0.2, 0.25) is 0 Å². The third-order valence-electron chi connectivity index (χ3n) is 1.46. The van der Waals surface area contributed by atoms with Gasteiger partial charge in [-0.2, -0.15) is 10.5 Å². The van der Waals surface area contributed by atoms with Crippen LogP contribution in [0.3, 0.4) is 0 Å². The Bertz CT molecular complexity index is 387. The van der Waals surface area contributed by atoms with Crippen LogP contribution in [-0.4, -0.2) is 6.54 Å². The van der Waals surface area contributed by atoms with Crippen LogP contribution < -0.4 is 5.32 Å². The van der Waals surface area contributed by atoms with Gasteiger partial charge in [0.25, 0.3) is 0 Å². The van der Waals surface area contributed by atoms with Crippen molar-refractivity contribution in [3.8, 4) is 12.1 Å². The number of nitrogens with one attached hydrogen (secondary N) is 1. The minimum Gasteiger partial charge on any atom is -0.371 e. The lowest BCUT2D eigenvalue weighted by Gasteiger charge is -2.03. The maximum atomic E-state index is 8.75. The second-order valence-electron chi connectivity index (χ2n) is 2.31. The summed E-state index contributed by atoms with van der Waals surface area (Å²) < 4.78 is 0.853. The summed E-state index contributed by atoms with van der Waals surface area (Å²) in [7, 11) is 0. The molecule has 0 aliphatic heterocycles. The topological polar surface area (TPSA) is 59.6 Å². The number of hydrogen-bond donors (Lipinski definition) is 1. The number of hydrogen-bond acceptors (Lipinski definition) is 3. The second-order valence-corrected chi connectivity index (χ2v) is 3.23. The Balaban J connectivity index is 2.96. The molecule has 4 heteroatoms. The lowest BCUT2D eigenvalue weighted by Crippen LogP contribution is -2.00. The fraction of sp³-hybridized carbons (Fsp3) is 0.111. The van der Waals surface area contributed by atoms with Crippen LogP contribution in [0.1, 0.15) is 5.56 Å². The van der Waals surface area contributed by atoms with E-state index < -0.39 is 0 Å². The molecule has 0 unspecified atom stereocenters. The van der Waals surface area contributed by atoms with E-state index in [0.29, 0.717) is 11.3 Å². The van der Waals surface area contributed by atoms with Crippen molar-refractivity contribution in [2.75, 3.05) is 11.9 Å². The Hall–Kier alpha value is -1.52. The van der Waals surface area contributed by atoms with Crippen LogP contribution >= 0.6 is 15.9 Å². The van der Waals surface area contributed by atoms with Crippen LogP contribution in [0.25, 0.3) is 0 Å². The average molecular weight is 236 g/mol. The first-order chi connectivity index (χ1) is 6.27. The summed E-state index contributed by atoms with van der Waals surface area (Å²) >= 11 is 3.26. The molecule has 0 atom stereocenters. The van der Waals surface area contributed by atoms with Crippen molar-refractivity contribution in [3.63, 3.8) is 0 Å². The predicted molar refractivity (Wildman–Crippen MR) is 53.0 cm³/mol. The van der Waals surface area contributed by atoms with Gasteiger partial charge in [-0.25, -0.2) is 0 Å². The summed E-state index contributed by atoms with van der Waals surface area (Å²) in [6.07, 6.45) is 0. The van der Waals surface area contributed by atoms with Crippen molar-refractivity contribution in [3.05, 3.63) is 28.2 Å². The largest absolute Gasteiger partial charge is 0.371 e. The van der Waals surface area contributed by atoms with Gasteiger partial charge >= 0.3 is 0 Å². The normalized spacial score (nSPS) is 8.54. The molecule has 1 aromatic carbocycles. The molecule has 0 bridgehead atoms. The molecule has 0 fully saturated rings. The summed E-state index contributed by atoms with van der Waals surface area (Å²) in [5.41, 5.74) is 1.22. The molecule has 13 heavy (non-hydrogen) atoms. The third kappa shape index (κ3) is 2.47. The van der Waals surface area contributed by atoms with Gasteiger partial charge in [-0.3, -0.25) is 0 Å². The van der Waals surface area contributed by atoms with Gasteiger partial charge in [0, 0.05) is 4.47 Å². The summed E-state index contributed by atoms with van der Waals surface area (Å²) in [6, 6.07) is 9.29. The first-order valence-corrected chi connectivity index (χ1v) is 4.37. The highest BCUT2D eigenvalue weighted by Gasteiger charge is 2.00. The van der Waals surface area contributed by atoms with Crippen molar-refractivity contribution in [1.29, 1.82) is 10.5 Å². The van der Waals surface area contributed by atoms with Crippen LogP contribution in [0.15, 0.2) is 22.7 Å². The molecule has 0 radical (unpaired) electrons. The van der Waals surface area contributed by atoms with Gasteiger partial charge in [-0.15, -0.1) is 0 Å². The number of halogens is 1. The third-order valence-corrected chi connectivity index (χ3v) is 1.95. The Morgan fingerprint density at radius 3 is 2.77 bits per heavy atom. The smallest absolute Gasteiger partial charge is 0.103 e. The first-order valence-electron chi connectivity index (χ1n) is 3.58. The maximum Gasteiger partial charge on any atom is 0.103 e. The SMILES string of the molecule is N#CCNc1ccc(Br)cc1C#N. The minimum absolute atomic E-state index is 0.205. The Labute approximate surface area is 84.7 Å². The van der Waals surface area contributed by atoms with E-state index in [2.05, 4.69) is 21.2 Å². The Kier molecular flexibility index (Phi) is 3.31. The van der Waals surface area contributed by atoms with E-state index in [0.717, 1.165) is 4.47 Å². The Morgan fingerprint density at radius 1 is 1.38 bits per heavy atom. The zero-order valence-corrected chi connectivity index (χ0v) is 8.30. The molecular formula is C9H6BrN3. The van der Waals surface area contributed by atoms with Crippen molar-refractivity contribution in [2.24, 2.45) is 0 Å². The van der Waals surface area contributed by atoms with E-state index in [-0.39, 0.29) is 6.54 Å².